The first-order chi connectivity index (χ1) is 16.1. The molecule has 3 amide bonds. The summed E-state index contributed by atoms with van der Waals surface area (Å²) in [6.45, 7) is 4.01. The van der Waals surface area contributed by atoms with Gasteiger partial charge in [0.15, 0.2) is 0 Å². The number of anilines is 2. The molecule has 0 bridgehead atoms. The number of hydrogen-bond donors (Lipinski definition) is 2. The maximum atomic E-state index is 12.5. The van der Waals surface area contributed by atoms with E-state index in [2.05, 4.69) is 33.0 Å². The van der Waals surface area contributed by atoms with Crippen molar-refractivity contribution in [3.63, 3.8) is 0 Å². The highest BCUT2D eigenvalue weighted by atomic mass is 32.1. The molecule has 8 heteroatoms. The molecule has 5 rings (SSSR count). The molecule has 3 aliphatic heterocycles. The summed E-state index contributed by atoms with van der Waals surface area (Å²) >= 11 is 1.83. The molecule has 174 valence electrons. The van der Waals surface area contributed by atoms with Gasteiger partial charge in [0.1, 0.15) is 0 Å². The molecule has 2 aromatic rings. The van der Waals surface area contributed by atoms with E-state index in [1.807, 2.05) is 28.4 Å². The van der Waals surface area contributed by atoms with E-state index in [1.54, 1.807) is 0 Å². The summed E-state index contributed by atoms with van der Waals surface area (Å²) in [5.41, 5.74) is 3.81. The second kappa shape index (κ2) is 9.65. The van der Waals surface area contributed by atoms with Crippen LogP contribution in [0.25, 0.3) is 0 Å². The molecule has 1 saturated heterocycles. The van der Waals surface area contributed by atoms with Gasteiger partial charge in [-0.15, -0.1) is 11.3 Å². The normalized spacial score (nSPS) is 18.7. The van der Waals surface area contributed by atoms with E-state index in [-0.39, 0.29) is 5.91 Å². The van der Waals surface area contributed by atoms with E-state index in [0.717, 1.165) is 68.7 Å². The monoisotopic (exact) mass is 466 g/mol. The zero-order valence-corrected chi connectivity index (χ0v) is 19.6. The SMILES string of the molecule is O=C(NCCN1CCC(c2cccs2)CC1)C(=O)Nc1cc2c3c(c1)CCC(=O)N3CCC2. The second-order valence-corrected chi connectivity index (χ2v) is 10.1. The van der Waals surface area contributed by atoms with Crippen LogP contribution in [0.4, 0.5) is 11.4 Å². The minimum absolute atomic E-state index is 0.176. The van der Waals surface area contributed by atoms with Crippen LogP contribution in [0.15, 0.2) is 29.6 Å². The van der Waals surface area contributed by atoms with E-state index >= 15 is 0 Å². The first kappa shape index (κ1) is 22.1. The van der Waals surface area contributed by atoms with Gasteiger partial charge in [-0.1, -0.05) is 6.07 Å². The summed E-state index contributed by atoms with van der Waals surface area (Å²) in [5, 5.41) is 7.66. The fraction of sp³-hybridized carbons (Fsp3) is 0.480. The fourth-order valence-electron chi connectivity index (χ4n) is 5.29. The summed E-state index contributed by atoms with van der Waals surface area (Å²) in [7, 11) is 0. The van der Waals surface area contributed by atoms with E-state index in [0.29, 0.717) is 31.0 Å². The number of likely N-dealkylation sites (tertiary alicyclic amines) is 1. The smallest absolute Gasteiger partial charge is 0.313 e. The molecule has 0 aliphatic carbocycles. The van der Waals surface area contributed by atoms with Crippen molar-refractivity contribution in [1.29, 1.82) is 0 Å². The Bertz CT molecular complexity index is 1030. The molecular weight excluding hydrogens is 436 g/mol. The lowest BCUT2D eigenvalue weighted by molar-refractivity contribution is -0.136. The topological polar surface area (TPSA) is 81.8 Å². The van der Waals surface area contributed by atoms with Crippen molar-refractivity contribution in [2.45, 2.75) is 44.4 Å². The molecule has 1 fully saturated rings. The number of nitrogens with one attached hydrogen (secondary N) is 2. The van der Waals surface area contributed by atoms with Crippen molar-refractivity contribution in [2.24, 2.45) is 0 Å². The van der Waals surface area contributed by atoms with Gasteiger partial charge in [-0.05, 0) is 85.8 Å². The van der Waals surface area contributed by atoms with Gasteiger partial charge in [-0.2, -0.15) is 0 Å². The van der Waals surface area contributed by atoms with Gasteiger partial charge in [-0.3, -0.25) is 14.4 Å². The van der Waals surface area contributed by atoms with Crippen LogP contribution in [-0.2, 0) is 27.2 Å². The number of nitrogens with zero attached hydrogens (tertiary/aromatic N) is 2. The Morgan fingerprint density at radius 2 is 1.82 bits per heavy atom. The standard InChI is InChI=1S/C25H30N4O3S/c30-22-6-5-19-16-20(15-18-3-1-10-29(22)23(18)19)27-25(32)24(31)26-9-13-28-11-7-17(8-12-28)21-4-2-14-33-21/h2,4,14-17H,1,3,5-13H2,(H,26,31)(H,27,32). The molecule has 0 unspecified atom stereocenters. The van der Waals surface area contributed by atoms with Crippen LogP contribution in [0, 0.1) is 0 Å². The third-order valence-corrected chi connectivity index (χ3v) is 8.02. The first-order valence-corrected chi connectivity index (χ1v) is 12.8. The van der Waals surface area contributed by atoms with Gasteiger partial charge in [0.05, 0.1) is 5.69 Å². The maximum Gasteiger partial charge on any atom is 0.313 e. The number of amides is 3. The first-order valence-electron chi connectivity index (χ1n) is 11.9. The van der Waals surface area contributed by atoms with Gasteiger partial charge >= 0.3 is 11.8 Å². The molecule has 3 aliphatic rings. The molecule has 4 heterocycles. The van der Waals surface area contributed by atoms with Gasteiger partial charge in [0, 0.05) is 36.6 Å². The van der Waals surface area contributed by atoms with Crippen LogP contribution in [-0.4, -0.2) is 55.3 Å². The highest BCUT2D eigenvalue weighted by Crippen LogP contribution is 2.38. The molecule has 0 atom stereocenters. The van der Waals surface area contributed by atoms with Crippen LogP contribution in [0.5, 0.6) is 0 Å². The lowest BCUT2D eigenvalue weighted by atomic mass is 9.91. The predicted octanol–water partition coefficient (Wildman–Crippen LogP) is 2.91. The fourth-order valence-corrected chi connectivity index (χ4v) is 6.19. The minimum atomic E-state index is -0.641. The number of aryl methyl sites for hydroxylation is 2. The Labute approximate surface area is 198 Å². The zero-order chi connectivity index (χ0) is 22.8. The van der Waals surface area contributed by atoms with Crippen molar-refractivity contribution in [3.8, 4) is 0 Å². The van der Waals surface area contributed by atoms with E-state index in [4.69, 9.17) is 0 Å². The molecule has 7 nitrogen and oxygen atoms in total. The molecule has 1 aromatic heterocycles. The molecule has 0 radical (unpaired) electrons. The number of rotatable bonds is 5. The summed E-state index contributed by atoms with van der Waals surface area (Å²) in [5.74, 6) is -0.422. The zero-order valence-electron chi connectivity index (χ0n) is 18.8. The Morgan fingerprint density at radius 3 is 2.58 bits per heavy atom. The third kappa shape index (κ3) is 4.82. The van der Waals surface area contributed by atoms with Gasteiger partial charge in [0.25, 0.3) is 0 Å². The third-order valence-electron chi connectivity index (χ3n) is 6.99. The Kier molecular flexibility index (Phi) is 6.46. The molecule has 0 spiro atoms. The highest BCUT2D eigenvalue weighted by molar-refractivity contribution is 7.10. The summed E-state index contributed by atoms with van der Waals surface area (Å²) in [6, 6.07) is 8.15. The van der Waals surface area contributed by atoms with Crippen molar-refractivity contribution in [1.82, 2.24) is 10.2 Å². The van der Waals surface area contributed by atoms with Crippen LogP contribution in [0.3, 0.4) is 0 Å². The molecular formula is C25H30N4O3S. The molecule has 2 N–H and O–H groups in total. The Hall–Kier alpha value is -2.71. The average molecular weight is 467 g/mol. The largest absolute Gasteiger partial charge is 0.347 e. The summed E-state index contributed by atoms with van der Waals surface area (Å²) in [6.07, 6.45) is 5.24. The highest BCUT2D eigenvalue weighted by Gasteiger charge is 2.30. The Balaban J connectivity index is 1.10. The number of hydrogen-bond acceptors (Lipinski definition) is 5. The number of carbonyl (C=O) groups is 3. The second-order valence-electron chi connectivity index (χ2n) is 9.13. The van der Waals surface area contributed by atoms with Gasteiger partial charge in [-0.25, -0.2) is 0 Å². The predicted molar refractivity (Wildman–Crippen MR) is 130 cm³/mol. The summed E-state index contributed by atoms with van der Waals surface area (Å²) < 4.78 is 0. The molecule has 0 saturated carbocycles. The lowest BCUT2D eigenvalue weighted by Crippen LogP contribution is -2.42. The van der Waals surface area contributed by atoms with Crippen molar-refractivity contribution in [2.75, 3.05) is 42.9 Å². The number of benzene rings is 1. The van der Waals surface area contributed by atoms with E-state index < -0.39 is 11.8 Å². The minimum Gasteiger partial charge on any atom is -0.347 e. The lowest BCUT2D eigenvalue weighted by Gasteiger charge is -2.35. The maximum absolute atomic E-state index is 12.5. The van der Waals surface area contributed by atoms with E-state index in [1.165, 1.54) is 4.88 Å². The van der Waals surface area contributed by atoms with Crippen LogP contribution >= 0.6 is 11.3 Å². The van der Waals surface area contributed by atoms with Gasteiger partial charge < -0.3 is 20.4 Å². The molecule has 1 aromatic carbocycles. The number of carbonyl (C=O) groups excluding carboxylic acids is 3. The average Bonchev–Trinajstić information content (AvgIpc) is 3.37. The van der Waals surface area contributed by atoms with Crippen molar-refractivity contribution in [3.05, 3.63) is 45.6 Å². The van der Waals surface area contributed by atoms with Crippen LogP contribution in [0.2, 0.25) is 0 Å². The molecule has 33 heavy (non-hydrogen) atoms. The quantitative estimate of drug-likeness (QED) is 0.664. The Morgan fingerprint density at radius 1 is 1.03 bits per heavy atom. The number of piperidine rings is 1. The number of thiophene rings is 1. The van der Waals surface area contributed by atoms with Crippen LogP contribution in [0.1, 0.15) is 47.6 Å². The van der Waals surface area contributed by atoms with Gasteiger partial charge in [0.2, 0.25) is 5.91 Å². The van der Waals surface area contributed by atoms with Crippen molar-refractivity contribution < 1.29 is 14.4 Å². The van der Waals surface area contributed by atoms with Crippen LogP contribution < -0.4 is 15.5 Å². The summed E-state index contributed by atoms with van der Waals surface area (Å²) in [4.78, 5) is 42.7. The van der Waals surface area contributed by atoms with Crippen molar-refractivity contribution >= 4 is 40.4 Å². The van der Waals surface area contributed by atoms with E-state index in [9.17, 15) is 14.4 Å².